The van der Waals surface area contributed by atoms with Crippen molar-refractivity contribution in [1.82, 2.24) is 16.0 Å². The first-order chi connectivity index (χ1) is 9.91. The Balaban J connectivity index is 2.89. The molecule has 0 radical (unpaired) electrons. The topological polar surface area (TPSA) is 88.1 Å². The second-order valence-electron chi connectivity index (χ2n) is 5.30. The van der Waals surface area contributed by atoms with Gasteiger partial charge in [0.05, 0.1) is 0 Å². The third kappa shape index (κ3) is 17.8. The minimum absolute atomic E-state index is 0.810. The lowest BCUT2D eigenvalue weighted by atomic mass is 10.2. The first-order valence-electron chi connectivity index (χ1n) is 8.44. The molecule has 0 aromatic carbocycles. The maximum atomic E-state index is 5.45. The van der Waals surface area contributed by atoms with Crippen molar-refractivity contribution in [3.8, 4) is 0 Å². The molecule has 0 aromatic rings. The van der Waals surface area contributed by atoms with Gasteiger partial charge in [-0.3, -0.25) is 0 Å². The Morgan fingerprint density at radius 2 is 0.750 bits per heavy atom. The van der Waals surface area contributed by atoms with Crippen molar-refractivity contribution in [1.29, 1.82) is 0 Å². The Bertz CT molecular complexity index is 148. The molecule has 0 aliphatic heterocycles. The fourth-order valence-electron chi connectivity index (χ4n) is 2.02. The van der Waals surface area contributed by atoms with E-state index in [1.165, 1.54) is 32.1 Å². The van der Waals surface area contributed by atoms with E-state index in [2.05, 4.69) is 16.0 Å². The Kier molecular flexibility index (Phi) is 18.6. The molecule has 0 saturated carbocycles. The highest BCUT2D eigenvalue weighted by Gasteiger charge is 1.91. The lowest BCUT2D eigenvalue weighted by Crippen LogP contribution is -2.26. The summed E-state index contributed by atoms with van der Waals surface area (Å²) in [6.07, 6.45) is 8.39. The molecule has 0 fully saturated rings. The molecular formula is C15H37N5. The number of rotatable bonds is 17. The molecule has 0 aliphatic carbocycles. The molecule has 5 heteroatoms. The van der Waals surface area contributed by atoms with E-state index in [0.717, 1.165) is 65.2 Å². The smallest absolute Gasteiger partial charge is 0.00368 e. The van der Waals surface area contributed by atoms with E-state index in [9.17, 15) is 0 Å². The highest BCUT2D eigenvalue weighted by molar-refractivity contribution is 4.55. The first kappa shape index (κ1) is 19.8. The van der Waals surface area contributed by atoms with Crippen LogP contribution in [0.1, 0.15) is 44.9 Å². The standard InChI is InChI=1S/C15H37N5/c16-8-2-1-4-10-18-12-6-14-20-15-7-13-19-11-5-3-9-17/h18-20H,1-17H2. The largest absolute Gasteiger partial charge is 0.330 e. The van der Waals surface area contributed by atoms with Crippen LogP contribution in [0, 0.1) is 0 Å². The van der Waals surface area contributed by atoms with Crippen molar-refractivity contribution >= 4 is 0 Å². The molecule has 0 aromatic heterocycles. The zero-order valence-electron chi connectivity index (χ0n) is 13.3. The van der Waals surface area contributed by atoms with Gasteiger partial charge in [0.25, 0.3) is 0 Å². The first-order valence-corrected chi connectivity index (χ1v) is 8.44. The van der Waals surface area contributed by atoms with Gasteiger partial charge in [0, 0.05) is 0 Å². The van der Waals surface area contributed by atoms with Gasteiger partial charge in [0.2, 0.25) is 0 Å². The van der Waals surface area contributed by atoms with E-state index >= 15 is 0 Å². The molecule has 7 N–H and O–H groups in total. The molecule has 0 bridgehead atoms. The normalized spacial score (nSPS) is 11.1. The SMILES string of the molecule is NCCCCCNCCCNCCCNCCCCN. The van der Waals surface area contributed by atoms with E-state index in [4.69, 9.17) is 11.5 Å². The number of nitrogens with two attached hydrogens (primary N) is 2. The number of unbranched alkanes of at least 4 members (excludes halogenated alkanes) is 3. The van der Waals surface area contributed by atoms with Crippen LogP contribution in [0.25, 0.3) is 0 Å². The third-order valence-corrected chi connectivity index (χ3v) is 3.28. The van der Waals surface area contributed by atoms with Gasteiger partial charge in [0.1, 0.15) is 0 Å². The van der Waals surface area contributed by atoms with E-state index in [0.29, 0.717) is 0 Å². The summed E-state index contributed by atoms with van der Waals surface area (Å²) in [6.45, 7) is 8.32. The summed E-state index contributed by atoms with van der Waals surface area (Å²) in [4.78, 5) is 0. The summed E-state index contributed by atoms with van der Waals surface area (Å²) in [5, 5.41) is 10.4. The maximum absolute atomic E-state index is 5.45. The van der Waals surface area contributed by atoms with Gasteiger partial charge in [-0.2, -0.15) is 0 Å². The van der Waals surface area contributed by atoms with E-state index in [1.54, 1.807) is 0 Å². The van der Waals surface area contributed by atoms with Gasteiger partial charge < -0.3 is 27.4 Å². The van der Waals surface area contributed by atoms with Crippen LogP contribution in [0.5, 0.6) is 0 Å². The number of hydrogen-bond acceptors (Lipinski definition) is 5. The molecule has 0 spiro atoms. The minimum Gasteiger partial charge on any atom is -0.330 e. The van der Waals surface area contributed by atoms with E-state index in [-0.39, 0.29) is 0 Å². The molecule has 0 aliphatic rings. The zero-order valence-corrected chi connectivity index (χ0v) is 13.3. The van der Waals surface area contributed by atoms with Crippen LogP contribution >= 0.6 is 0 Å². The second-order valence-corrected chi connectivity index (χ2v) is 5.30. The summed E-state index contributed by atoms with van der Waals surface area (Å²) in [5.41, 5.74) is 10.9. The van der Waals surface area contributed by atoms with Crippen LogP contribution in [0.4, 0.5) is 0 Å². The van der Waals surface area contributed by atoms with E-state index in [1.807, 2.05) is 0 Å². The van der Waals surface area contributed by atoms with Crippen molar-refractivity contribution in [3.63, 3.8) is 0 Å². The average Bonchev–Trinajstić information content (AvgIpc) is 2.47. The van der Waals surface area contributed by atoms with Crippen LogP contribution < -0.4 is 27.4 Å². The lowest BCUT2D eigenvalue weighted by Gasteiger charge is -2.07. The predicted octanol–water partition coefficient (Wildman–Crippen LogP) is 0.403. The summed E-state index contributed by atoms with van der Waals surface area (Å²) < 4.78 is 0. The van der Waals surface area contributed by atoms with Gasteiger partial charge in [0.15, 0.2) is 0 Å². The van der Waals surface area contributed by atoms with Gasteiger partial charge >= 0.3 is 0 Å². The van der Waals surface area contributed by atoms with Gasteiger partial charge in [-0.1, -0.05) is 6.42 Å². The molecule has 0 atom stereocenters. The monoisotopic (exact) mass is 287 g/mol. The molecule has 0 rings (SSSR count). The van der Waals surface area contributed by atoms with Crippen LogP contribution in [0.2, 0.25) is 0 Å². The second kappa shape index (κ2) is 18.8. The van der Waals surface area contributed by atoms with Crippen LogP contribution in [0.3, 0.4) is 0 Å². The number of nitrogens with one attached hydrogen (secondary N) is 3. The lowest BCUT2D eigenvalue weighted by molar-refractivity contribution is 0.548. The van der Waals surface area contributed by atoms with Crippen molar-refractivity contribution in [2.75, 3.05) is 52.4 Å². The minimum atomic E-state index is 0.810. The van der Waals surface area contributed by atoms with Crippen LogP contribution in [0.15, 0.2) is 0 Å². The highest BCUT2D eigenvalue weighted by Crippen LogP contribution is 1.90. The molecule has 5 nitrogen and oxygen atoms in total. The fraction of sp³-hybridized carbons (Fsp3) is 1.00. The van der Waals surface area contributed by atoms with Crippen molar-refractivity contribution in [2.45, 2.75) is 44.9 Å². The molecule has 0 saturated heterocycles. The maximum Gasteiger partial charge on any atom is -0.00368 e. The summed E-state index contributed by atoms with van der Waals surface area (Å²) in [5.74, 6) is 0. The number of hydrogen-bond donors (Lipinski definition) is 5. The Morgan fingerprint density at radius 3 is 1.20 bits per heavy atom. The van der Waals surface area contributed by atoms with Crippen molar-refractivity contribution < 1.29 is 0 Å². The molecule has 0 unspecified atom stereocenters. The quantitative estimate of drug-likeness (QED) is 0.250. The molecular weight excluding hydrogens is 250 g/mol. The molecule has 20 heavy (non-hydrogen) atoms. The zero-order chi connectivity index (χ0) is 14.7. The summed E-state index contributed by atoms with van der Waals surface area (Å²) in [6, 6.07) is 0. The molecule has 0 amide bonds. The van der Waals surface area contributed by atoms with Crippen molar-refractivity contribution in [3.05, 3.63) is 0 Å². The molecule has 122 valence electrons. The van der Waals surface area contributed by atoms with Crippen LogP contribution in [-0.2, 0) is 0 Å². The van der Waals surface area contributed by atoms with Crippen LogP contribution in [-0.4, -0.2) is 52.4 Å². The summed E-state index contributed by atoms with van der Waals surface area (Å²) >= 11 is 0. The Hall–Kier alpha value is -0.200. The highest BCUT2D eigenvalue weighted by atomic mass is 14.9. The van der Waals surface area contributed by atoms with Gasteiger partial charge in [-0.05, 0) is 90.9 Å². The predicted molar refractivity (Wildman–Crippen MR) is 89.0 cm³/mol. The summed E-state index contributed by atoms with van der Waals surface area (Å²) in [7, 11) is 0. The Morgan fingerprint density at radius 1 is 0.400 bits per heavy atom. The molecule has 0 heterocycles. The average molecular weight is 287 g/mol. The van der Waals surface area contributed by atoms with Crippen molar-refractivity contribution in [2.24, 2.45) is 11.5 Å². The fourth-order valence-corrected chi connectivity index (χ4v) is 2.02. The van der Waals surface area contributed by atoms with Gasteiger partial charge in [-0.25, -0.2) is 0 Å². The third-order valence-electron chi connectivity index (χ3n) is 3.28. The Labute approximate surface area is 125 Å². The van der Waals surface area contributed by atoms with Gasteiger partial charge in [-0.15, -0.1) is 0 Å². The van der Waals surface area contributed by atoms with E-state index < -0.39 is 0 Å².